The number of hydrogen-bond donors (Lipinski definition) is 1. The van der Waals surface area contributed by atoms with E-state index in [2.05, 4.69) is 19.6 Å². The van der Waals surface area contributed by atoms with Gasteiger partial charge >= 0.3 is 5.97 Å². The molecule has 6 atom stereocenters. The van der Waals surface area contributed by atoms with Gasteiger partial charge in [-0.15, -0.1) is 0 Å². The van der Waals surface area contributed by atoms with Crippen molar-refractivity contribution in [1.29, 1.82) is 0 Å². The van der Waals surface area contributed by atoms with Gasteiger partial charge in [-0.1, -0.05) is 37.1 Å². The molecule has 0 aromatic heterocycles. The maximum atomic E-state index is 12.0. The number of carboxylic acids is 1. The summed E-state index contributed by atoms with van der Waals surface area (Å²) >= 11 is 0. The Morgan fingerprint density at radius 1 is 1.27 bits per heavy atom. The van der Waals surface area contributed by atoms with Crippen LogP contribution < -0.4 is 0 Å². The van der Waals surface area contributed by atoms with Gasteiger partial charge in [-0.2, -0.15) is 0 Å². The van der Waals surface area contributed by atoms with Crippen LogP contribution in [0.4, 0.5) is 0 Å². The Balaban J connectivity index is 1.73. The lowest BCUT2D eigenvalue weighted by molar-refractivity contribution is -0.161. The van der Waals surface area contributed by atoms with Crippen molar-refractivity contribution in [3.63, 3.8) is 0 Å². The molecule has 4 aliphatic rings. The molecule has 6 unspecified atom stereocenters. The lowest BCUT2D eigenvalue weighted by atomic mass is 9.43. The normalized spacial score (nSPS) is 50.1. The molecule has 3 saturated carbocycles. The second-order valence-electron chi connectivity index (χ2n) is 8.76. The van der Waals surface area contributed by atoms with E-state index in [-0.39, 0.29) is 5.41 Å². The highest BCUT2D eigenvalue weighted by atomic mass is 16.4. The van der Waals surface area contributed by atoms with Crippen LogP contribution in [-0.2, 0) is 4.79 Å². The first-order valence-electron chi connectivity index (χ1n) is 8.99. The molecule has 0 heterocycles. The molecule has 0 saturated heterocycles. The fourth-order valence-electron chi connectivity index (χ4n) is 6.62. The standard InChI is InChI=1S/C20H28O2/c1-12-11-15-13(12)5-7-16-14(15)6-8-17-19(16,2)9-4-10-20(17,3)18(21)22/h7,13-15,17H,1,4-6,8-11H2,2-3H3,(H,21,22). The average Bonchev–Trinajstić information content (AvgIpc) is 2.45. The SMILES string of the molecule is C=C1CC2C1CC=C1C2CCC2C(C)(C(=O)O)CCCC12C. The van der Waals surface area contributed by atoms with Gasteiger partial charge in [-0.05, 0) is 74.5 Å². The smallest absolute Gasteiger partial charge is 0.309 e. The molecule has 0 aromatic rings. The van der Waals surface area contributed by atoms with Crippen LogP contribution in [0.5, 0.6) is 0 Å². The van der Waals surface area contributed by atoms with E-state index in [0.717, 1.165) is 37.5 Å². The Morgan fingerprint density at radius 3 is 2.73 bits per heavy atom. The van der Waals surface area contributed by atoms with Crippen molar-refractivity contribution in [3.05, 3.63) is 23.8 Å². The van der Waals surface area contributed by atoms with E-state index >= 15 is 0 Å². The summed E-state index contributed by atoms with van der Waals surface area (Å²) in [6.07, 6.45) is 10.2. The molecule has 0 radical (unpaired) electrons. The summed E-state index contributed by atoms with van der Waals surface area (Å²) in [4.78, 5) is 12.0. The van der Waals surface area contributed by atoms with Gasteiger partial charge in [0.05, 0.1) is 5.41 Å². The Bertz CT molecular complexity index is 574. The van der Waals surface area contributed by atoms with Crippen LogP contribution in [0.3, 0.4) is 0 Å². The first-order chi connectivity index (χ1) is 10.4. The Hall–Kier alpha value is -1.05. The third-order valence-corrected chi connectivity index (χ3v) is 7.89. The van der Waals surface area contributed by atoms with Gasteiger partial charge in [0.1, 0.15) is 0 Å². The molecule has 3 fully saturated rings. The van der Waals surface area contributed by atoms with Crippen LogP contribution in [0.25, 0.3) is 0 Å². The van der Waals surface area contributed by atoms with Crippen molar-refractivity contribution in [2.75, 3.05) is 0 Å². The lowest BCUT2D eigenvalue weighted by Gasteiger charge is -2.60. The summed E-state index contributed by atoms with van der Waals surface area (Å²) in [5, 5.41) is 9.86. The number of allylic oxidation sites excluding steroid dienone is 3. The number of hydrogen-bond acceptors (Lipinski definition) is 1. The van der Waals surface area contributed by atoms with Crippen molar-refractivity contribution in [2.24, 2.45) is 34.5 Å². The van der Waals surface area contributed by atoms with Crippen LogP contribution in [-0.4, -0.2) is 11.1 Å². The molecule has 2 nitrogen and oxygen atoms in total. The Morgan fingerprint density at radius 2 is 2.05 bits per heavy atom. The molecule has 0 amide bonds. The van der Waals surface area contributed by atoms with E-state index in [1.807, 2.05) is 6.92 Å². The van der Waals surface area contributed by atoms with Crippen molar-refractivity contribution >= 4 is 5.97 Å². The maximum Gasteiger partial charge on any atom is 0.309 e. The van der Waals surface area contributed by atoms with Crippen LogP contribution in [0.15, 0.2) is 23.8 Å². The molecule has 4 aliphatic carbocycles. The fraction of sp³-hybridized carbons (Fsp3) is 0.750. The minimum absolute atomic E-state index is 0.121. The third kappa shape index (κ3) is 1.64. The van der Waals surface area contributed by atoms with Crippen molar-refractivity contribution in [2.45, 2.75) is 58.8 Å². The van der Waals surface area contributed by atoms with E-state index in [0.29, 0.717) is 11.8 Å². The predicted molar refractivity (Wildman–Crippen MR) is 87.4 cm³/mol. The van der Waals surface area contributed by atoms with Gasteiger partial charge in [0.15, 0.2) is 0 Å². The third-order valence-electron chi connectivity index (χ3n) is 7.89. The summed E-state index contributed by atoms with van der Waals surface area (Å²) in [5.74, 6) is 1.98. The molecule has 0 spiro atoms. The molecule has 120 valence electrons. The molecule has 1 N–H and O–H groups in total. The van der Waals surface area contributed by atoms with E-state index in [9.17, 15) is 9.90 Å². The highest BCUT2D eigenvalue weighted by Gasteiger charge is 2.59. The molecule has 4 rings (SSSR count). The highest BCUT2D eigenvalue weighted by molar-refractivity contribution is 5.75. The summed E-state index contributed by atoms with van der Waals surface area (Å²) in [7, 11) is 0. The van der Waals surface area contributed by atoms with Crippen molar-refractivity contribution in [3.8, 4) is 0 Å². The van der Waals surface area contributed by atoms with E-state index in [1.165, 1.54) is 24.8 Å². The molecule has 22 heavy (non-hydrogen) atoms. The van der Waals surface area contributed by atoms with Crippen LogP contribution >= 0.6 is 0 Å². The second-order valence-corrected chi connectivity index (χ2v) is 8.76. The van der Waals surface area contributed by atoms with Gasteiger partial charge < -0.3 is 5.11 Å². The number of fused-ring (bicyclic) bond motifs is 5. The van der Waals surface area contributed by atoms with Crippen molar-refractivity contribution < 1.29 is 9.90 Å². The van der Waals surface area contributed by atoms with E-state index in [4.69, 9.17) is 0 Å². The molecule has 2 heteroatoms. The molecule has 0 aromatic carbocycles. The lowest BCUT2D eigenvalue weighted by Crippen LogP contribution is -2.54. The van der Waals surface area contributed by atoms with Gasteiger partial charge in [-0.3, -0.25) is 4.79 Å². The zero-order valence-electron chi connectivity index (χ0n) is 13.9. The molecule has 0 aliphatic heterocycles. The predicted octanol–water partition coefficient (Wildman–Crippen LogP) is 4.82. The van der Waals surface area contributed by atoms with Gasteiger partial charge in [-0.25, -0.2) is 0 Å². The van der Waals surface area contributed by atoms with Crippen LogP contribution in [0.1, 0.15) is 58.8 Å². The first-order valence-corrected chi connectivity index (χ1v) is 8.99. The summed E-state index contributed by atoms with van der Waals surface area (Å²) in [6.45, 7) is 8.61. The Labute approximate surface area is 133 Å². The summed E-state index contributed by atoms with van der Waals surface area (Å²) in [6, 6.07) is 0. The molecular weight excluding hydrogens is 272 g/mol. The quantitative estimate of drug-likeness (QED) is 0.705. The largest absolute Gasteiger partial charge is 0.481 e. The molecule has 0 bridgehead atoms. The Kier molecular flexibility index (Phi) is 2.97. The minimum atomic E-state index is -0.576. The number of carbonyl (C=O) groups is 1. The topological polar surface area (TPSA) is 37.3 Å². The van der Waals surface area contributed by atoms with Gasteiger partial charge in [0.25, 0.3) is 0 Å². The van der Waals surface area contributed by atoms with Crippen LogP contribution in [0, 0.1) is 34.5 Å². The van der Waals surface area contributed by atoms with Crippen molar-refractivity contribution in [1.82, 2.24) is 0 Å². The first kappa shape index (κ1) is 14.5. The highest BCUT2D eigenvalue weighted by Crippen LogP contribution is 2.66. The molecular formula is C20H28O2. The summed E-state index contributed by atoms with van der Waals surface area (Å²) < 4.78 is 0. The van der Waals surface area contributed by atoms with E-state index in [1.54, 1.807) is 5.57 Å². The zero-order chi connectivity index (χ0) is 15.7. The fourth-order valence-corrected chi connectivity index (χ4v) is 6.62. The van der Waals surface area contributed by atoms with Crippen LogP contribution in [0.2, 0.25) is 0 Å². The number of aliphatic carboxylic acids is 1. The number of rotatable bonds is 1. The zero-order valence-corrected chi connectivity index (χ0v) is 13.9. The average molecular weight is 300 g/mol. The minimum Gasteiger partial charge on any atom is -0.481 e. The second kappa shape index (κ2) is 4.49. The van der Waals surface area contributed by atoms with Gasteiger partial charge in [0.2, 0.25) is 0 Å². The monoisotopic (exact) mass is 300 g/mol. The number of carboxylic acid groups (broad SMARTS) is 1. The van der Waals surface area contributed by atoms with Gasteiger partial charge in [0, 0.05) is 0 Å². The summed E-state index contributed by atoms with van der Waals surface area (Å²) in [5.41, 5.74) is 2.67. The maximum absolute atomic E-state index is 12.0. The van der Waals surface area contributed by atoms with E-state index < -0.39 is 11.4 Å².